The second kappa shape index (κ2) is 8.19. The number of halogens is 1. The molecule has 1 heterocycles. The number of hydrogen-bond donors (Lipinski definition) is 1. The molecule has 0 fully saturated rings. The number of amides is 1. The van der Waals surface area contributed by atoms with Gasteiger partial charge in [-0.15, -0.1) is 0 Å². The summed E-state index contributed by atoms with van der Waals surface area (Å²) in [4.78, 5) is 24.2. The molecule has 0 spiro atoms. The van der Waals surface area contributed by atoms with Gasteiger partial charge in [-0.05, 0) is 36.2 Å². The molecule has 0 aliphatic carbocycles. The number of furan rings is 1. The van der Waals surface area contributed by atoms with Crippen LogP contribution in [-0.2, 0) is 9.53 Å². The van der Waals surface area contributed by atoms with Crippen molar-refractivity contribution in [2.45, 2.75) is 19.4 Å². The Hall–Kier alpha value is -2.60. The standard InChI is InChI=1S/C20H18BrNO4/c1-2-16(13-7-9-15(21)10-8-13)22-19(23)12-25-20(24)18-11-14-5-3-4-6-17(14)26-18/h3-11,16H,2,12H2,1H3,(H,22,23)/t16-/m0/s1. The van der Waals surface area contributed by atoms with E-state index in [1.165, 1.54) is 0 Å². The van der Waals surface area contributed by atoms with Gasteiger partial charge < -0.3 is 14.5 Å². The van der Waals surface area contributed by atoms with Crippen LogP contribution in [0.2, 0.25) is 0 Å². The monoisotopic (exact) mass is 415 g/mol. The summed E-state index contributed by atoms with van der Waals surface area (Å²) in [5, 5.41) is 3.68. The van der Waals surface area contributed by atoms with Crippen LogP contribution >= 0.6 is 15.9 Å². The van der Waals surface area contributed by atoms with Crippen molar-refractivity contribution in [3.8, 4) is 0 Å². The van der Waals surface area contributed by atoms with Gasteiger partial charge in [0, 0.05) is 9.86 Å². The predicted molar refractivity (Wildman–Crippen MR) is 102 cm³/mol. The van der Waals surface area contributed by atoms with E-state index in [2.05, 4.69) is 21.2 Å². The summed E-state index contributed by atoms with van der Waals surface area (Å²) in [6.07, 6.45) is 0.727. The third-order valence-electron chi connectivity index (χ3n) is 3.98. The Morgan fingerprint density at radius 3 is 2.58 bits per heavy atom. The Bertz CT molecular complexity index is 884. The molecular weight excluding hydrogens is 398 g/mol. The first-order chi connectivity index (χ1) is 12.6. The molecule has 0 saturated heterocycles. The van der Waals surface area contributed by atoms with Crippen LogP contribution in [0, 0.1) is 0 Å². The molecule has 0 aliphatic rings. The van der Waals surface area contributed by atoms with Crippen LogP contribution in [0.5, 0.6) is 0 Å². The van der Waals surface area contributed by atoms with Crippen molar-refractivity contribution >= 4 is 38.8 Å². The summed E-state index contributed by atoms with van der Waals surface area (Å²) >= 11 is 3.39. The average molecular weight is 416 g/mol. The molecule has 134 valence electrons. The van der Waals surface area contributed by atoms with Gasteiger partial charge in [0.1, 0.15) is 5.58 Å². The minimum Gasteiger partial charge on any atom is -0.450 e. The Kier molecular flexibility index (Phi) is 5.73. The molecule has 0 aliphatic heterocycles. The zero-order valence-electron chi connectivity index (χ0n) is 14.2. The van der Waals surface area contributed by atoms with Crippen molar-refractivity contribution < 1.29 is 18.7 Å². The number of para-hydroxylation sites is 1. The fourth-order valence-electron chi connectivity index (χ4n) is 2.64. The number of carbonyl (C=O) groups is 2. The van der Waals surface area contributed by atoms with E-state index in [1.807, 2.05) is 49.4 Å². The van der Waals surface area contributed by atoms with E-state index in [-0.39, 0.29) is 24.3 Å². The number of ether oxygens (including phenoxy) is 1. The molecule has 1 amide bonds. The van der Waals surface area contributed by atoms with Gasteiger partial charge in [0.15, 0.2) is 6.61 Å². The van der Waals surface area contributed by atoms with E-state index in [0.29, 0.717) is 5.58 Å². The number of esters is 1. The van der Waals surface area contributed by atoms with Gasteiger partial charge in [0.25, 0.3) is 5.91 Å². The molecule has 0 bridgehead atoms. The molecule has 1 atom stereocenters. The maximum Gasteiger partial charge on any atom is 0.374 e. The Balaban J connectivity index is 1.57. The van der Waals surface area contributed by atoms with Gasteiger partial charge in [-0.25, -0.2) is 4.79 Å². The highest BCUT2D eigenvalue weighted by Gasteiger charge is 2.17. The molecule has 0 radical (unpaired) electrons. The van der Waals surface area contributed by atoms with Crippen molar-refractivity contribution in [2.75, 3.05) is 6.61 Å². The molecule has 6 heteroatoms. The Labute approximate surface area is 159 Å². The van der Waals surface area contributed by atoms with Gasteiger partial charge in [-0.3, -0.25) is 4.79 Å². The van der Waals surface area contributed by atoms with Crippen molar-refractivity contribution in [1.29, 1.82) is 0 Å². The SMILES string of the molecule is CC[C@H](NC(=O)COC(=O)c1cc2ccccc2o1)c1ccc(Br)cc1. The van der Waals surface area contributed by atoms with Crippen molar-refractivity contribution in [1.82, 2.24) is 5.32 Å². The van der Waals surface area contributed by atoms with E-state index in [1.54, 1.807) is 12.1 Å². The van der Waals surface area contributed by atoms with Crippen LogP contribution in [-0.4, -0.2) is 18.5 Å². The summed E-state index contributed by atoms with van der Waals surface area (Å²) in [6.45, 7) is 1.62. The Morgan fingerprint density at radius 2 is 1.88 bits per heavy atom. The lowest BCUT2D eigenvalue weighted by atomic mass is 10.0. The van der Waals surface area contributed by atoms with E-state index >= 15 is 0 Å². The molecule has 26 heavy (non-hydrogen) atoms. The molecule has 3 aromatic rings. The first kappa shape index (κ1) is 18.2. The molecule has 3 rings (SSSR count). The Morgan fingerprint density at radius 1 is 1.15 bits per heavy atom. The van der Waals surface area contributed by atoms with Crippen LogP contribution < -0.4 is 5.32 Å². The van der Waals surface area contributed by atoms with Crippen molar-refractivity contribution in [2.24, 2.45) is 0 Å². The number of benzene rings is 2. The van der Waals surface area contributed by atoms with E-state index in [0.717, 1.165) is 21.8 Å². The summed E-state index contributed by atoms with van der Waals surface area (Å²) in [5.74, 6) is -0.934. The molecule has 0 saturated carbocycles. The zero-order chi connectivity index (χ0) is 18.5. The topological polar surface area (TPSA) is 68.5 Å². The summed E-state index contributed by atoms with van der Waals surface area (Å²) in [6, 6.07) is 16.5. The fraction of sp³-hybridized carbons (Fsp3) is 0.200. The minimum atomic E-state index is -0.659. The number of hydrogen-bond acceptors (Lipinski definition) is 4. The van der Waals surface area contributed by atoms with Gasteiger partial charge in [0.05, 0.1) is 6.04 Å². The highest BCUT2D eigenvalue weighted by Crippen LogP contribution is 2.20. The number of nitrogens with one attached hydrogen (secondary N) is 1. The van der Waals surface area contributed by atoms with E-state index in [4.69, 9.17) is 9.15 Å². The second-order valence-electron chi connectivity index (χ2n) is 5.80. The quantitative estimate of drug-likeness (QED) is 0.596. The summed E-state index contributed by atoms with van der Waals surface area (Å²) < 4.78 is 11.5. The minimum absolute atomic E-state index is 0.0824. The van der Waals surface area contributed by atoms with E-state index in [9.17, 15) is 9.59 Å². The fourth-order valence-corrected chi connectivity index (χ4v) is 2.90. The number of fused-ring (bicyclic) bond motifs is 1. The highest BCUT2D eigenvalue weighted by atomic mass is 79.9. The largest absolute Gasteiger partial charge is 0.450 e. The summed E-state index contributed by atoms with van der Waals surface area (Å²) in [5.41, 5.74) is 1.60. The average Bonchev–Trinajstić information content (AvgIpc) is 3.09. The molecular formula is C20H18BrNO4. The number of carbonyl (C=O) groups excluding carboxylic acids is 2. The molecule has 5 nitrogen and oxygen atoms in total. The lowest BCUT2D eigenvalue weighted by Crippen LogP contribution is -2.32. The van der Waals surface area contributed by atoms with Crippen molar-refractivity contribution in [3.63, 3.8) is 0 Å². The van der Waals surface area contributed by atoms with Crippen molar-refractivity contribution in [3.05, 3.63) is 70.4 Å². The maximum absolute atomic E-state index is 12.1. The van der Waals surface area contributed by atoms with Gasteiger partial charge in [-0.1, -0.05) is 53.2 Å². The first-order valence-corrected chi connectivity index (χ1v) is 9.06. The molecule has 0 unspecified atom stereocenters. The van der Waals surface area contributed by atoms with Crippen LogP contribution in [0.1, 0.15) is 35.5 Å². The molecule has 1 N–H and O–H groups in total. The van der Waals surface area contributed by atoms with Crippen LogP contribution in [0.4, 0.5) is 0 Å². The van der Waals surface area contributed by atoms with Crippen LogP contribution in [0.25, 0.3) is 11.0 Å². The third-order valence-corrected chi connectivity index (χ3v) is 4.51. The second-order valence-corrected chi connectivity index (χ2v) is 6.72. The summed E-state index contributed by atoms with van der Waals surface area (Å²) in [7, 11) is 0. The van der Waals surface area contributed by atoms with E-state index < -0.39 is 5.97 Å². The zero-order valence-corrected chi connectivity index (χ0v) is 15.8. The molecule has 2 aromatic carbocycles. The normalized spacial score (nSPS) is 11.9. The highest BCUT2D eigenvalue weighted by molar-refractivity contribution is 9.10. The predicted octanol–water partition coefficient (Wildman–Crippen LogP) is 4.62. The smallest absolute Gasteiger partial charge is 0.374 e. The van der Waals surface area contributed by atoms with Gasteiger partial charge in [0.2, 0.25) is 5.76 Å². The lowest BCUT2D eigenvalue weighted by molar-refractivity contribution is -0.125. The first-order valence-electron chi connectivity index (χ1n) is 8.27. The van der Waals surface area contributed by atoms with Gasteiger partial charge in [-0.2, -0.15) is 0 Å². The third kappa shape index (κ3) is 4.32. The van der Waals surface area contributed by atoms with Crippen LogP contribution in [0.3, 0.4) is 0 Å². The molecule has 1 aromatic heterocycles. The van der Waals surface area contributed by atoms with Crippen LogP contribution in [0.15, 0.2) is 63.5 Å². The lowest BCUT2D eigenvalue weighted by Gasteiger charge is -2.17. The maximum atomic E-state index is 12.1. The van der Waals surface area contributed by atoms with Gasteiger partial charge >= 0.3 is 5.97 Å². The number of rotatable bonds is 6.